The molecule has 0 aromatic heterocycles. The fourth-order valence-corrected chi connectivity index (χ4v) is 5.94. The summed E-state index contributed by atoms with van der Waals surface area (Å²) in [6.07, 6.45) is 0. The van der Waals surface area contributed by atoms with Crippen molar-refractivity contribution in [1.29, 1.82) is 0 Å². The Labute approximate surface area is 194 Å². The van der Waals surface area contributed by atoms with Crippen LogP contribution >= 0.6 is 0 Å². The fraction of sp³-hybridized carbons (Fsp3) is 0.231. The SMILES string of the molecule is COC(=O)[C@H](C)[C@@]1(c2ccccc2)N=C(c2ccccc2)CN1S(=O)(=O)c1ccc(C)cc1. The molecular formula is C26H26N2O4S. The van der Waals surface area contributed by atoms with Gasteiger partial charge >= 0.3 is 5.97 Å². The van der Waals surface area contributed by atoms with E-state index in [0.717, 1.165) is 11.1 Å². The summed E-state index contributed by atoms with van der Waals surface area (Å²) >= 11 is 0. The van der Waals surface area contributed by atoms with E-state index < -0.39 is 27.6 Å². The van der Waals surface area contributed by atoms with Crippen LogP contribution < -0.4 is 0 Å². The van der Waals surface area contributed by atoms with Crippen LogP contribution in [0.5, 0.6) is 0 Å². The number of aliphatic imine (C=N–C) groups is 1. The van der Waals surface area contributed by atoms with E-state index in [-0.39, 0.29) is 11.4 Å². The number of carbonyl (C=O) groups excluding carboxylic acids is 1. The molecule has 7 heteroatoms. The molecule has 1 aliphatic rings. The first-order valence-corrected chi connectivity index (χ1v) is 12.1. The summed E-state index contributed by atoms with van der Waals surface area (Å²) in [5, 5.41) is 0. The molecule has 3 aromatic carbocycles. The highest BCUT2D eigenvalue weighted by molar-refractivity contribution is 7.89. The van der Waals surface area contributed by atoms with Crippen LogP contribution in [-0.4, -0.2) is 38.1 Å². The highest BCUT2D eigenvalue weighted by Gasteiger charge is 2.56. The highest BCUT2D eigenvalue weighted by Crippen LogP contribution is 2.45. The van der Waals surface area contributed by atoms with Crippen LogP contribution in [0.4, 0.5) is 0 Å². The van der Waals surface area contributed by atoms with Gasteiger partial charge in [-0.1, -0.05) is 78.4 Å². The van der Waals surface area contributed by atoms with Gasteiger partial charge in [0.15, 0.2) is 5.66 Å². The number of benzene rings is 3. The molecule has 0 spiro atoms. The van der Waals surface area contributed by atoms with Crippen molar-refractivity contribution in [2.45, 2.75) is 24.4 Å². The van der Waals surface area contributed by atoms with Crippen molar-refractivity contribution >= 4 is 21.7 Å². The second kappa shape index (κ2) is 8.92. The third-order valence-corrected chi connectivity index (χ3v) is 7.91. The molecule has 0 amide bonds. The van der Waals surface area contributed by atoms with Gasteiger partial charge in [-0.25, -0.2) is 8.42 Å². The number of hydrogen-bond acceptors (Lipinski definition) is 5. The van der Waals surface area contributed by atoms with E-state index >= 15 is 0 Å². The molecule has 0 bridgehead atoms. The Bertz CT molecular complexity index is 1270. The summed E-state index contributed by atoms with van der Waals surface area (Å²) < 4.78 is 34.5. The Morgan fingerprint density at radius 1 is 0.970 bits per heavy atom. The molecule has 0 fully saturated rings. The van der Waals surface area contributed by atoms with Crippen LogP contribution in [0, 0.1) is 12.8 Å². The van der Waals surface area contributed by atoms with Gasteiger partial charge in [0.1, 0.15) is 0 Å². The smallest absolute Gasteiger partial charge is 0.312 e. The third-order valence-electron chi connectivity index (χ3n) is 6.05. The molecule has 1 aliphatic heterocycles. The quantitative estimate of drug-likeness (QED) is 0.516. The van der Waals surface area contributed by atoms with Crippen molar-refractivity contribution in [3.63, 3.8) is 0 Å². The number of rotatable bonds is 6. The topological polar surface area (TPSA) is 76.0 Å². The zero-order chi connectivity index (χ0) is 23.6. The van der Waals surface area contributed by atoms with Gasteiger partial charge in [-0.3, -0.25) is 9.79 Å². The standard InChI is InChI=1S/C26H26N2O4S/c1-19-14-16-23(17-15-19)33(30,31)28-18-24(21-10-6-4-7-11-21)27-26(28,20(2)25(29)32-3)22-12-8-5-9-13-22/h4-17,20H,18H2,1-3H3/t20-,26+/m0/s1. The van der Waals surface area contributed by atoms with Gasteiger partial charge in [0.2, 0.25) is 10.0 Å². The molecule has 4 rings (SSSR count). The number of nitrogens with zero attached hydrogens (tertiary/aromatic N) is 2. The second-order valence-electron chi connectivity index (χ2n) is 8.09. The van der Waals surface area contributed by atoms with Crippen molar-refractivity contribution in [2.75, 3.05) is 13.7 Å². The third kappa shape index (κ3) is 3.98. The number of methoxy groups -OCH3 is 1. The zero-order valence-electron chi connectivity index (χ0n) is 18.8. The maximum Gasteiger partial charge on any atom is 0.312 e. The molecular weight excluding hydrogens is 436 g/mol. The first-order valence-electron chi connectivity index (χ1n) is 10.7. The fourth-order valence-electron chi connectivity index (χ4n) is 4.24. The Balaban J connectivity index is 1.99. The molecule has 33 heavy (non-hydrogen) atoms. The van der Waals surface area contributed by atoms with Crippen molar-refractivity contribution < 1.29 is 17.9 Å². The zero-order valence-corrected chi connectivity index (χ0v) is 19.6. The summed E-state index contributed by atoms with van der Waals surface area (Å²) in [5.41, 5.74) is 1.45. The first kappa shape index (κ1) is 22.9. The number of sulfonamides is 1. The van der Waals surface area contributed by atoms with Crippen molar-refractivity contribution in [1.82, 2.24) is 4.31 Å². The summed E-state index contributed by atoms with van der Waals surface area (Å²) in [6.45, 7) is 3.58. The Hall–Kier alpha value is -3.29. The van der Waals surface area contributed by atoms with Crippen LogP contribution in [0.15, 0.2) is 94.8 Å². The van der Waals surface area contributed by atoms with Gasteiger partial charge in [-0.2, -0.15) is 4.31 Å². The molecule has 0 unspecified atom stereocenters. The van der Waals surface area contributed by atoms with Gasteiger partial charge < -0.3 is 4.74 Å². The minimum atomic E-state index is -4.03. The molecule has 3 aromatic rings. The molecule has 6 nitrogen and oxygen atoms in total. The van der Waals surface area contributed by atoms with E-state index in [1.165, 1.54) is 11.4 Å². The minimum absolute atomic E-state index is 0.0243. The van der Waals surface area contributed by atoms with Crippen molar-refractivity contribution in [3.8, 4) is 0 Å². The molecule has 0 saturated carbocycles. The summed E-state index contributed by atoms with van der Waals surface area (Å²) in [6, 6.07) is 25.2. The Morgan fingerprint density at radius 2 is 1.55 bits per heavy atom. The lowest BCUT2D eigenvalue weighted by Gasteiger charge is -2.39. The molecule has 0 aliphatic carbocycles. The predicted molar refractivity (Wildman–Crippen MR) is 127 cm³/mol. The van der Waals surface area contributed by atoms with E-state index in [4.69, 9.17) is 9.73 Å². The predicted octanol–water partition coefficient (Wildman–Crippen LogP) is 4.15. The van der Waals surface area contributed by atoms with Crippen LogP contribution in [0.3, 0.4) is 0 Å². The monoisotopic (exact) mass is 462 g/mol. The number of esters is 1. The first-order chi connectivity index (χ1) is 15.8. The molecule has 0 radical (unpaired) electrons. The van der Waals surface area contributed by atoms with Crippen molar-refractivity contribution in [3.05, 3.63) is 102 Å². The van der Waals surface area contributed by atoms with E-state index in [1.807, 2.05) is 55.5 Å². The average molecular weight is 463 g/mol. The lowest BCUT2D eigenvalue weighted by Crippen LogP contribution is -2.51. The van der Waals surface area contributed by atoms with Gasteiger partial charge in [0, 0.05) is 0 Å². The van der Waals surface area contributed by atoms with Gasteiger partial charge in [0.05, 0.1) is 30.2 Å². The Morgan fingerprint density at radius 3 is 2.12 bits per heavy atom. The lowest BCUT2D eigenvalue weighted by atomic mass is 9.87. The largest absolute Gasteiger partial charge is 0.469 e. The summed E-state index contributed by atoms with van der Waals surface area (Å²) in [4.78, 5) is 18.0. The maximum absolute atomic E-state index is 14.0. The van der Waals surface area contributed by atoms with Gasteiger partial charge in [-0.15, -0.1) is 0 Å². The number of aryl methyl sites for hydroxylation is 1. The normalized spacial score (nSPS) is 19.7. The van der Waals surface area contributed by atoms with Crippen LogP contribution in [0.1, 0.15) is 23.6 Å². The molecule has 0 N–H and O–H groups in total. The van der Waals surface area contributed by atoms with E-state index in [2.05, 4.69) is 0 Å². The van der Waals surface area contributed by atoms with Crippen LogP contribution in [0.25, 0.3) is 0 Å². The van der Waals surface area contributed by atoms with Crippen molar-refractivity contribution in [2.24, 2.45) is 10.9 Å². The highest BCUT2D eigenvalue weighted by atomic mass is 32.2. The molecule has 0 saturated heterocycles. The number of carbonyl (C=O) groups is 1. The molecule has 1 heterocycles. The maximum atomic E-state index is 14.0. The average Bonchev–Trinajstić information content (AvgIpc) is 3.27. The molecule has 2 atom stereocenters. The van der Waals surface area contributed by atoms with Gasteiger partial charge in [0.25, 0.3) is 0 Å². The lowest BCUT2D eigenvalue weighted by molar-refractivity contribution is -0.149. The van der Waals surface area contributed by atoms with E-state index in [0.29, 0.717) is 11.3 Å². The van der Waals surface area contributed by atoms with E-state index in [9.17, 15) is 13.2 Å². The molecule has 170 valence electrons. The van der Waals surface area contributed by atoms with Gasteiger partial charge in [-0.05, 0) is 37.1 Å². The summed E-state index contributed by atoms with van der Waals surface area (Å²) in [7, 11) is -2.73. The second-order valence-corrected chi connectivity index (χ2v) is 9.95. The van der Waals surface area contributed by atoms with Crippen LogP contribution in [-0.2, 0) is 25.2 Å². The summed E-state index contributed by atoms with van der Waals surface area (Å²) in [5.74, 6) is -1.44. The number of ether oxygens (including phenoxy) is 1. The number of hydrogen-bond donors (Lipinski definition) is 0. The van der Waals surface area contributed by atoms with E-state index in [1.54, 1.807) is 43.3 Å². The Kier molecular flexibility index (Phi) is 6.19. The minimum Gasteiger partial charge on any atom is -0.469 e. The van der Waals surface area contributed by atoms with Crippen LogP contribution in [0.2, 0.25) is 0 Å².